The normalized spacial score (nSPS) is 16.7. The molecule has 0 spiro atoms. The van der Waals surface area contributed by atoms with E-state index < -0.39 is 0 Å². The van der Waals surface area contributed by atoms with Gasteiger partial charge in [0.25, 0.3) is 5.69 Å². The molecule has 0 aliphatic heterocycles. The molecule has 21 heavy (non-hydrogen) atoms. The summed E-state index contributed by atoms with van der Waals surface area (Å²) in [6.07, 6.45) is 6.27. The van der Waals surface area contributed by atoms with Gasteiger partial charge in [-0.2, -0.15) is 0 Å². The van der Waals surface area contributed by atoms with Crippen LogP contribution < -0.4 is 10.6 Å². The molecule has 0 unspecified atom stereocenters. The summed E-state index contributed by atoms with van der Waals surface area (Å²) in [5.74, 6) is 0. The summed E-state index contributed by atoms with van der Waals surface area (Å²) in [6.45, 7) is 5.87. The number of benzene rings is 1. The van der Waals surface area contributed by atoms with Gasteiger partial charge in [0.1, 0.15) is 0 Å². The van der Waals surface area contributed by atoms with Gasteiger partial charge in [0.15, 0.2) is 0 Å². The molecule has 5 nitrogen and oxygen atoms in total. The van der Waals surface area contributed by atoms with E-state index in [1.54, 1.807) is 12.1 Å². The lowest BCUT2D eigenvalue weighted by molar-refractivity contribution is -0.384. The fourth-order valence-electron chi connectivity index (χ4n) is 3.19. The lowest BCUT2D eigenvalue weighted by Crippen LogP contribution is -2.25. The highest BCUT2D eigenvalue weighted by Gasteiger charge is 2.31. The highest BCUT2D eigenvalue weighted by Crippen LogP contribution is 2.41. The highest BCUT2D eigenvalue weighted by molar-refractivity contribution is 5.63. The van der Waals surface area contributed by atoms with E-state index in [0.717, 1.165) is 30.9 Å². The maximum Gasteiger partial charge on any atom is 0.273 e. The van der Waals surface area contributed by atoms with Crippen molar-refractivity contribution in [2.24, 2.45) is 5.41 Å². The van der Waals surface area contributed by atoms with Crippen molar-refractivity contribution in [3.63, 3.8) is 0 Å². The van der Waals surface area contributed by atoms with Crippen LogP contribution in [-0.4, -0.2) is 18.0 Å². The van der Waals surface area contributed by atoms with E-state index in [1.807, 2.05) is 13.0 Å². The zero-order valence-corrected chi connectivity index (χ0v) is 12.9. The zero-order valence-electron chi connectivity index (χ0n) is 12.9. The van der Waals surface area contributed by atoms with Crippen LogP contribution in [0.25, 0.3) is 0 Å². The third-order valence-corrected chi connectivity index (χ3v) is 4.59. The van der Waals surface area contributed by atoms with Crippen molar-refractivity contribution in [3.05, 3.63) is 28.3 Å². The number of non-ortho nitro benzene ring substituents is 1. The zero-order chi connectivity index (χ0) is 15.3. The van der Waals surface area contributed by atoms with Crippen LogP contribution in [0.1, 0.15) is 46.0 Å². The molecule has 1 aromatic carbocycles. The fourth-order valence-corrected chi connectivity index (χ4v) is 3.19. The van der Waals surface area contributed by atoms with Crippen LogP contribution in [0, 0.1) is 15.5 Å². The van der Waals surface area contributed by atoms with Crippen LogP contribution in [0.15, 0.2) is 18.2 Å². The van der Waals surface area contributed by atoms with E-state index in [4.69, 9.17) is 0 Å². The molecule has 0 heterocycles. The fraction of sp³-hybridized carbons (Fsp3) is 0.625. The number of nitro groups is 1. The Bertz CT molecular complexity index is 496. The second kappa shape index (κ2) is 6.78. The molecule has 2 N–H and O–H groups in total. The smallest absolute Gasteiger partial charge is 0.273 e. The van der Waals surface area contributed by atoms with Gasteiger partial charge in [0, 0.05) is 36.6 Å². The van der Waals surface area contributed by atoms with Gasteiger partial charge in [-0.3, -0.25) is 10.1 Å². The van der Waals surface area contributed by atoms with Crippen molar-refractivity contribution in [2.75, 3.05) is 23.7 Å². The molecule has 0 bridgehead atoms. The summed E-state index contributed by atoms with van der Waals surface area (Å²) >= 11 is 0. The van der Waals surface area contributed by atoms with E-state index in [-0.39, 0.29) is 10.6 Å². The third-order valence-electron chi connectivity index (χ3n) is 4.59. The Balaban J connectivity index is 2.12. The monoisotopic (exact) mass is 291 g/mol. The average Bonchev–Trinajstić information content (AvgIpc) is 2.95. The Morgan fingerprint density at radius 1 is 1.14 bits per heavy atom. The van der Waals surface area contributed by atoms with Gasteiger partial charge in [-0.15, -0.1) is 0 Å². The minimum atomic E-state index is -0.336. The Hall–Kier alpha value is -1.78. The minimum Gasteiger partial charge on any atom is -0.385 e. The molecule has 1 saturated carbocycles. The molecule has 116 valence electrons. The number of rotatable bonds is 7. The van der Waals surface area contributed by atoms with E-state index >= 15 is 0 Å². The van der Waals surface area contributed by atoms with E-state index in [9.17, 15) is 10.1 Å². The number of nitro benzene ring substituents is 1. The average molecular weight is 291 g/mol. The summed E-state index contributed by atoms with van der Waals surface area (Å²) in [5, 5.41) is 17.6. The molecular weight excluding hydrogens is 266 g/mol. The molecule has 0 atom stereocenters. The predicted molar refractivity (Wildman–Crippen MR) is 86.9 cm³/mol. The van der Waals surface area contributed by atoms with Gasteiger partial charge >= 0.3 is 0 Å². The number of nitrogens with one attached hydrogen (secondary N) is 2. The summed E-state index contributed by atoms with van der Waals surface area (Å²) in [4.78, 5) is 10.7. The largest absolute Gasteiger partial charge is 0.385 e. The maximum absolute atomic E-state index is 11.0. The van der Waals surface area contributed by atoms with Crippen LogP contribution in [-0.2, 0) is 0 Å². The van der Waals surface area contributed by atoms with Gasteiger partial charge in [0.05, 0.1) is 4.92 Å². The second-order valence-electron chi connectivity index (χ2n) is 5.97. The van der Waals surface area contributed by atoms with Crippen molar-refractivity contribution in [1.29, 1.82) is 0 Å². The quantitative estimate of drug-likeness (QED) is 0.577. The number of anilines is 2. The van der Waals surface area contributed by atoms with Crippen LogP contribution >= 0.6 is 0 Å². The number of nitrogens with zero attached hydrogens (tertiary/aromatic N) is 1. The van der Waals surface area contributed by atoms with Crippen LogP contribution in [0.5, 0.6) is 0 Å². The van der Waals surface area contributed by atoms with E-state index in [1.165, 1.54) is 25.7 Å². The first-order valence-corrected chi connectivity index (χ1v) is 7.86. The maximum atomic E-state index is 11.0. The molecule has 2 rings (SSSR count). The molecule has 1 fully saturated rings. The van der Waals surface area contributed by atoms with Crippen LogP contribution in [0.4, 0.5) is 17.1 Å². The van der Waals surface area contributed by atoms with Crippen molar-refractivity contribution < 1.29 is 4.92 Å². The lowest BCUT2D eigenvalue weighted by atomic mass is 9.83. The van der Waals surface area contributed by atoms with Crippen molar-refractivity contribution in [3.8, 4) is 0 Å². The Labute approximate surface area is 126 Å². The van der Waals surface area contributed by atoms with E-state index in [2.05, 4.69) is 17.6 Å². The summed E-state index contributed by atoms with van der Waals surface area (Å²) in [5.41, 5.74) is 2.13. The summed E-state index contributed by atoms with van der Waals surface area (Å²) in [7, 11) is 0. The van der Waals surface area contributed by atoms with Crippen molar-refractivity contribution in [1.82, 2.24) is 0 Å². The topological polar surface area (TPSA) is 67.2 Å². The van der Waals surface area contributed by atoms with Gasteiger partial charge in [-0.05, 0) is 37.7 Å². The van der Waals surface area contributed by atoms with E-state index in [0.29, 0.717) is 5.41 Å². The summed E-state index contributed by atoms with van der Waals surface area (Å²) in [6, 6.07) is 5.16. The molecule has 0 saturated heterocycles. The standard InChI is InChI=1S/C16H25N3O2/c1-3-16(7-5-6-8-16)12-18-14-9-13(17-4-2)10-15(11-14)19(20)21/h9-11,17-18H,3-8,12H2,1-2H3. The third kappa shape index (κ3) is 3.86. The molecule has 0 aromatic heterocycles. The molecule has 1 aliphatic carbocycles. The Morgan fingerprint density at radius 3 is 2.29 bits per heavy atom. The van der Waals surface area contributed by atoms with Gasteiger partial charge in [-0.25, -0.2) is 0 Å². The minimum absolute atomic E-state index is 0.132. The second-order valence-corrected chi connectivity index (χ2v) is 5.97. The predicted octanol–water partition coefficient (Wildman–Crippen LogP) is 4.41. The van der Waals surface area contributed by atoms with Gasteiger partial charge < -0.3 is 10.6 Å². The molecule has 0 amide bonds. The van der Waals surface area contributed by atoms with Crippen molar-refractivity contribution >= 4 is 17.1 Å². The first kappa shape index (κ1) is 15.6. The van der Waals surface area contributed by atoms with Gasteiger partial charge in [-0.1, -0.05) is 19.8 Å². The number of hydrogen-bond donors (Lipinski definition) is 2. The molecule has 1 aliphatic rings. The molecule has 0 radical (unpaired) electrons. The highest BCUT2D eigenvalue weighted by atomic mass is 16.6. The Kier molecular flexibility index (Phi) is 5.04. The molecular formula is C16H25N3O2. The van der Waals surface area contributed by atoms with Crippen molar-refractivity contribution in [2.45, 2.75) is 46.0 Å². The lowest BCUT2D eigenvalue weighted by Gasteiger charge is -2.28. The van der Waals surface area contributed by atoms with Crippen LogP contribution in [0.3, 0.4) is 0 Å². The first-order chi connectivity index (χ1) is 10.1. The number of hydrogen-bond acceptors (Lipinski definition) is 4. The summed E-state index contributed by atoms with van der Waals surface area (Å²) < 4.78 is 0. The molecule has 1 aromatic rings. The molecule has 5 heteroatoms. The Morgan fingerprint density at radius 2 is 1.76 bits per heavy atom. The van der Waals surface area contributed by atoms with Crippen LogP contribution in [0.2, 0.25) is 0 Å². The van der Waals surface area contributed by atoms with Gasteiger partial charge in [0.2, 0.25) is 0 Å². The SMILES string of the molecule is CCNc1cc(NCC2(CC)CCCC2)cc([N+](=O)[O-])c1. The first-order valence-electron chi connectivity index (χ1n) is 7.86.